The van der Waals surface area contributed by atoms with E-state index in [-0.39, 0.29) is 17.7 Å². The molecule has 3 saturated heterocycles. The molecular formula is C13H22N2O3. The molecule has 3 aliphatic rings. The van der Waals surface area contributed by atoms with Crippen molar-refractivity contribution in [2.45, 2.75) is 56.2 Å². The third kappa shape index (κ3) is 1.72. The van der Waals surface area contributed by atoms with Gasteiger partial charge in [-0.3, -0.25) is 4.90 Å². The molecule has 3 fully saturated rings. The molecule has 3 heterocycles. The zero-order chi connectivity index (χ0) is 12.8. The molecule has 0 spiro atoms. The minimum absolute atomic E-state index is 0.0353. The molecule has 5 nitrogen and oxygen atoms in total. The average molecular weight is 254 g/mol. The summed E-state index contributed by atoms with van der Waals surface area (Å²) in [7, 11) is 0. The average Bonchev–Trinajstić information content (AvgIpc) is 2.61. The van der Waals surface area contributed by atoms with Crippen molar-refractivity contribution in [3.63, 3.8) is 0 Å². The van der Waals surface area contributed by atoms with Crippen LogP contribution in [0.4, 0.5) is 4.79 Å². The van der Waals surface area contributed by atoms with Gasteiger partial charge in [0.05, 0.1) is 11.6 Å². The van der Waals surface area contributed by atoms with Gasteiger partial charge in [0.2, 0.25) is 0 Å². The van der Waals surface area contributed by atoms with Crippen molar-refractivity contribution in [1.82, 2.24) is 10.2 Å². The molecule has 2 bridgehead atoms. The first-order valence-corrected chi connectivity index (χ1v) is 7.04. The minimum Gasteiger partial charge on any atom is -0.465 e. The number of hydrogen-bond donors (Lipinski definition) is 3. The molecule has 0 aromatic rings. The van der Waals surface area contributed by atoms with E-state index < -0.39 is 6.09 Å². The summed E-state index contributed by atoms with van der Waals surface area (Å²) < 4.78 is 0. The monoisotopic (exact) mass is 254 g/mol. The van der Waals surface area contributed by atoms with E-state index in [1.807, 2.05) is 0 Å². The normalized spacial score (nSPS) is 44.1. The van der Waals surface area contributed by atoms with Crippen LogP contribution < -0.4 is 5.32 Å². The van der Waals surface area contributed by atoms with Crippen LogP contribution in [0.3, 0.4) is 0 Å². The van der Waals surface area contributed by atoms with Crippen molar-refractivity contribution >= 4 is 6.09 Å². The van der Waals surface area contributed by atoms with Gasteiger partial charge in [-0.05, 0) is 51.0 Å². The number of rotatable bonds is 1. The summed E-state index contributed by atoms with van der Waals surface area (Å²) in [6.45, 7) is 1.93. The summed E-state index contributed by atoms with van der Waals surface area (Å²) >= 11 is 0. The SMILES string of the molecule is O=C(O)N1C2CCC1(C1CCCNC1)CC(O)C2. The number of nitrogens with one attached hydrogen (secondary N) is 1. The van der Waals surface area contributed by atoms with Gasteiger partial charge in [0.15, 0.2) is 0 Å². The molecule has 0 saturated carbocycles. The number of piperidine rings is 2. The zero-order valence-electron chi connectivity index (χ0n) is 10.6. The van der Waals surface area contributed by atoms with Crippen LogP contribution in [-0.2, 0) is 0 Å². The first-order valence-electron chi connectivity index (χ1n) is 7.04. The maximum absolute atomic E-state index is 11.6. The lowest BCUT2D eigenvalue weighted by atomic mass is 9.73. The molecule has 102 valence electrons. The molecule has 0 aromatic carbocycles. The van der Waals surface area contributed by atoms with Crippen molar-refractivity contribution < 1.29 is 15.0 Å². The van der Waals surface area contributed by atoms with Crippen LogP contribution in [-0.4, -0.2) is 52.0 Å². The van der Waals surface area contributed by atoms with E-state index in [2.05, 4.69) is 5.32 Å². The van der Waals surface area contributed by atoms with Crippen molar-refractivity contribution in [2.75, 3.05) is 13.1 Å². The fourth-order valence-corrected chi connectivity index (χ4v) is 4.48. The first kappa shape index (κ1) is 12.2. The van der Waals surface area contributed by atoms with Gasteiger partial charge in [0.25, 0.3) is 0 Å². The fourth-order valence-electron chi connectivity index (χ4n) is 4.48. The number of carboxylic acid groups (broad SMARTS) is 1. The molecule has 4 atom stereocenters. The van der Waals surface area contributed by atoms with Crippen molar-refractivity contribution in [3.8, 4) is 0 Å². The Labute approximate surface area is 107 Å². The number of nitrogens with zero attached hydrogens (tertiary/aromatic N) is 1. The largest absolute Gasteiger partial charge is 0.465 e. The van der Waals surface area contributed by atoms with Gasteiger partial charge in [-0.25, -0.2) is 4.79 Å². The van der Waals surface area contributed by atoms with E-state index in [1.165, 1.54) is 0 Å². The highest BCUT2D eigenvalue weighted by Gasteiger charge is 2.57. The third-order valence-electron chi connectivity index (χ3n) is 5.15. The van der Waals surface area contributed by atoms with Crippen LogP contribution in [0.25, 0.3) is 0 Å². The lowest BCUT2D eigenvalue weighted by molar-refractivity contribution is -0.0409. The van der Waals surface area contributed by atoms with Crippen LogP contribution in [0.1, 0.15) is 38.5 Å². The smallest absolute Gasteiger partial charge is 0.408 e. The Hall–Kier alpha value is -0.810. The molecule has 5 heteroatoms. The van der Waals surface area contributed by atoms with Gasteiger partial charge in [-0.1, -0.05) is 0 Å². The summed E-state index contributed by atoms with van der Waals surface area (Å²) in [5.41, 5.74) is -0.304. The second kappa shape index (κ2) is 4.38. The third-order valence-corrected chi connectivity index (χ3v) is 5.15. The Bertz CT molecular complexity index is 343. The van der Waals surface area contributed by atoms with Crippen LogP contribution in [0.15, 0.2) is 0 Å². The van der Waals surface area contributed by atoms with Gasteiger partial charge in [-0.15, -0.1) is 0 Å². The van der Waals surface area contributed by atoms with Crippen molar-refractivity contribution in [1.29, 1.82) is 0 Å². The first-order chi connectivity index (χ1) is 8.63. The van der Waals surface area contributed by atoms with Crippen LogP contribution in [0.2, 0.25) is 0 Å². The van der Waals surface area contributed by atoms with Gasteiger partial charge < -0.3 is 15.5 Å². The second-order valence-corrected chi connectivity index (χ2v) is 6.09. The van der Waals surface area contributed by atoms with Gasteiger partial charge >= 0.3 is 6.09 Å². The number of amides is 1. The Morgan fingerprint density at radius 1 is 1.39 bits per heavy atom. The highest BCUT2D eigenvalue weighted by atomic mass is 16.4. The molecule has 3 rings (SSSR count). The number of fused-ring (bicyclic) bond motifs is 2. The van der Waals surface area contributed by atoms with E-state index in [9.17, 15) is 15.0 Å². The van der Waals surface area contributed by atoms with E-state index >= 15 is 0 Å². The van der Waals surface area contributed by atoms with Crippen molar-refractivity contribution in [3.05, 3.63) is 0 Å². The van der Waals surface area contributed by atoms with Crippen LogP contribution in [0, 0.1) is 5.92 Å². The molecule has 0 aromatic heterocycles. The van der Waals surface area contributed by atoms with Crippen LogP contribution >= 0.6 is 0 Å². The standard InChI is InChI=1S/C13H22N2O3/c16-11-6-10-3-4-13(7-11,15(10)12(17)18)9-2-1-5-14-8-9/h9-11,14,16H,1-8H2,(H,17,18). The topological polar surface area (TPSA) is 72.8 Å². The zero-order valence-corrected chi connectivity index (χ0v) is 10.6. The lowest BCUT2D eigenvalue weighted by Crippen LogP contribution is -2.62. The summed E-state index contributed by atoms with van der Waals surface area (Å²) in [6, 6.07) is 0.0353. The predicted octanol–water partition coefficient (Wildman–Crippen LogP) is 1.02. The van der Waals surface area contributed by atoms with Gasteiger partial charge in [0, 0.05) is 12.6 Å². The quantitative estimate of drug-likeness (QED) is 0.653. The second-order valence-electron chi connectivity index (χ2n) is 6.09. The van der Waals surface area contributed by atoms with Crippen LogP contribution in [0.5, 0.6) is 0 Å². The molecule has 3 N–H and O–H groups in total. The minimum atomic E-state index is -0.796. The molecule has 0 aliphatic carbocycles. The summed E-state index contributed by atoms with van der Waals surface area (Å²) in [5, 5.41) is 23.0. The molecular weight excluding hydrogens is 232 g/mol. The Morgan fingerprint density at radius 2 is 2.22 bits per heavy atom. The molecule has 4 unspecified atom stereocenters. The number of aliphatic hydroxyl groups excluding tert-OH is 1. The maximum atomic E-state index is 11.6. The molecule has 18 heavy (non-hydrogen) atoms. The van der Waals surface area contributed by atoms with Gasteiger partial charge in [0.1, 0.15) is 0 Å². The summed E-state index contributed by atoms with van der Waals surface area (Å²) in [4.78, 5) is 13.3. The lowest BCUT2D eigenvalue weighted by Gasteiger charge is -2.50. The Morgan fingerprint density at radius 3 is 2.89 bits per heavy atom. The molecule has 1 amide bonds. The van der Waals surface area contributed by atoms with E-state index in [4.69, 9.17) is 0 Å². The maximum Gasteiger partial charge on any atom is 0.408 e. The number of carbonyl (C=O) groups is 1. The fraction of sp³-hybridized carbons (Fsp3) is 0.923. The highest BCUT2D eigenvalue weighted by Crippen LogP contribution is 2.49. The van der Waals surface area contributed by atoms with E-state index in [0.717, 1.165) is 38.8 Å². The molecule has 0 radical (unpaired) electrons. The summed E-state index contributed by atoms with van der Waals surface area (Å²) in [6.07, 6.45) is 4.16. The predicted molar refractivity (Wildman–Crippen MR) is 66.5 cm³/mol. The number of hydrogen-bond acceptors (Lipinski definition) is 3. The Balaban J connectivity index is 1.91. The number of aliphatic hydroxyl groups is 1. The molecule has 3 aliphatic heterocycles. The highest BCUT2D eigenvalue weighted by molar-refractivity contribution is 5.67. The van der Waals surface area contributed by atoms with Gasteiger partial charge in [-0.2, -0.15) is 0 Å². The van der Waals surface area contributed by atoms with E-state index in [0.29, 0.717) is 18.8 Å². The van der Waals surface area contributed by atoms with E-state index in [1.54, 1.807) is 4.90 Å². The Kier molecular flexibility index (Phi) is 2.98. The van der Waals surface area contributed by atoms with Crippen molar-refractivity contribution in [2.24, 2.45) is 5.92 Å². The summed E-state index contributed by atoms with van der Waals surface area (Å²) in [5.74, 6) is 0.363.